The molecule has 4 amide bonds. The van der Waals surface area contributed by atoms with E-state index in [4.69, 9.17) is 0 Å². The van der Waals surface area contributed by atoms with Gasteiger partial charge in [-0.15, -0.1) is 0 Å². The number of nitrogens with one attached hydrogen (secondary N) is 3. The molecule has 2 unspecified atom stereocenters. The Labute approximate surface area is 192 Å². The zero-order valence-corrected chi connectivity index (χ0v) is 18.0. The Morgan fingerprint density at radius 2 is 1.91 bits per heavy atom. The number of carbonyl (C=O) groups excluding carboxylic acids is 4. The molecule has 2 atom stereocenters. The van der Waals surface area contributed by atoms with Crippen molar-refractivity contribution in [2.24, 2.45) is 0 Å². The Morgan fingerprint density at radius 1 is 1.15 bits per heavy atom. The van der Waals surface area contributed by atoms with Gasteiger partial charge in [0.2, 0.25) is 11.8 Å². The minimum absolute atomic E-state index is 0.0242. The number of hydrogen-bond donors (Lipinski definition) is 3. The molecule has 2 aliphatic rings. The monoisotopic (exact) mass is 474 g/mol. The second-order valence-corrected chi connectivity index (χ2v) is 8.14. The van der Waals surface area contributed by atoms with Crippen molar-refractivity contribution in [3.63, 3.8) is 0 Å². The average Bonchev–Trinajstić information content (AvgIpc) is 2.78. The fourth-order valence-corrected chi connectivity index (χ4v) is 4.09. The van der Waals surface area contributed by atoms with Gasteiger partial charge < -0.3 is 15.5 Å². The van der Waals surface area contributed by atoms with Crippen LogP contribution in [0.4, 0.5) is 18.9 Å². The number of carbonyl (C=O) groups is 4. The molecule has 8 nitrogen and oxygen atoms in total. The van der Waals surface area contributed by atoms with Gasteiger partial charge in [0.05, 0.1) is 17.3 Å². The Balaban J connectivity index is 1.49. The predicted octanol–water partition coefficient (Wildman–Crippen LogP) is 2.65. The summed E-state index contributed by atoms with van der Waals surface area (Å²) in [5.74, 6) is -2.01. The van der Waals surface area contributed by atoms with E-state index in [2.05, 4.69) is 16.0 Å². The van der Waals surface area contributed by atoms with Crippen molar-refractivity contribution < 1.29 is 32.3 Å². The highest BCUT2D eigenvalue weighted by atomic mass is 19.4. The summed E-state index contributed by atoms with van der Waals surface area (Å²) in [6.07, 6.45) is -4.71. The lowest BCUT2D eigenvalue weighted by Crippen LogP contribution is -2.60. The molecule has 0 saturated carbocycles. The maximum absolute atomic E-state index is 13.2. The summed E-state index contributed by atoms with van der Waals surface area (Å²) < 4.78 is 38.7. The third-order valence-corrected chi connectivity index (χ3v) is 5.78. The molecular formula is C23H21F3N4O4. The summed E-state index contributed by atoms with van der Waals surface area (Å²) in [4.78, 5) is 50.7. The van der Waals surface area contributed by atoms with E-state index in [1.54, 1.807) is 25.1 Å². The second kappa shape index (κ2) is 8.81. The standard InChI is InChI=1S/C23H21F3N4O4/c1-12-28-17-6-5-13(11-27-20(32)14-3-2-4-15(10-14)23(24,25)26)9-16(17)22(34)30(12)18-7-8-19(31)29-21(18)33/h2-6,9-10,12,18,28H,7-8,11H2,1H3,(H,27,32)(H,29,31,33). The first-order chi connectivity index (χ1) is 16.0. The molecule has 2 heterocycles. The third-order valence-electron chi connectivity index (χ3n) is 5.78. The first-order valence-corrected chi connectivity index (χ1v) is 10.6. The summed E-state index contributed by atoms with van der Waals surface area (Å²) in [6.45, 7) is 1.71. The molecule has 0 aliphatic carbocycles. The van der Waals surface area contributed by atoms with Crippen LogP contribution in [0.3, 0.4) is 0 Å². The number of rotatable bonds is 4. The number of benzene rings is 2. The van der Waals surface area contributed by atoms with Gasteiger partial charge >= 0.3 is 6.18 Å². The number of alkyl halides is 3. The Kier molecular flexibility index (Phi) is 6.03. The lowest BCUT2D eigenvalue weighted by Gasteiger charge is -2.41. The van der Waals surface area contributed by atoms with E-state index in [1.807, 2.05) is 0 Å². The van der Waals surface area contributed by atoms with Crippen LogP contribution < -0.4 is 16.0 Å². The number of anilines is 1. The lowest BCUT2D eigenvalue weighted by atomic mass is 9.98. The van der Waals surface area contributed by atoms with Crippen LogP contribution >= 0.6 is 0 Å². The molecule has 0 aromatic heterocycles. The van der Waals surface area contributed by atoms with E-state index in [0.717, 1.165) is 18.2 Å². The highest BCUT2D eigenvalue weighted by molar-refractivity contribution is 6.06. The van der Waals surface area contributed by atoms with Gasteiger partial charge in [-0.05, 0) is 49.2 Å². The van der Waals surface area contributed by atoms with E-state index in [-0.39, 0.29) is 36.4 Å². The van der Waals surface area contributed by atoms with Crippen molar-refractivity contribution in [1.82, 2.24) is 15.5 Å². The van der Waals surface area contributed by atoms with Crippen molar-refractivity contribution in [2.45, 2.75) is 44.7 Å². The summed E-state index contributed by atoms with van der Waals surface area (Å²) in [5, 5.41) is 7.96. The van der Waals surface area contributed by atoms with Crippen molar-refractivity contribution in [3.05, 3.63) is 64.7 Å². The average molecular weight is 474 g/mol. The molecule has 0 bridgehead atoms. The normalized spacial score (nSPS) is 20.4. The van der Waals surface area contributed by atoms with Crippen molar-refractivity contribution in [2.75, 3.05) is 5.32 Å². The van der Waals surface area contributed by atoms with Crippen LogP contribution in [-0.2, 0) is 22.3 Å². The van der Waals surface area contributed by atoms with Gasteiger partial charge in [0.25, 0.3) is 11.8 Å². The number of piperidine rings is 1. The van der Waals surface area contributed by atoms with Gasteiger partial charge in [0.1, 0.15) is 6.04 Å². The van der Waals surface area contributed by atoms with E-state index >= 15 is 0 Å². The number of nitrogens with zero attached hydrogens (tertiary/aromatic N) is 1. The minimum Gasteiger partial charge on any atom is -0.365 e. The van der Waals surface area contributed by atoms with Crippen LogP contribution in [0.25, 0.3) is 0 Å². The summed E-state index contributed by atoms with van der Waals surface area (Å²) in [5.41, 5.74) is 0.325. The molecule has 2 aromatic rings. The largest absolute Gasteiger partial charge is 0.416 e. The molecule has 2 aromatic carbocycles. The molecule has 2 aliphatic heterocycles. The van der Waals surface area contributed by atoms with Crippen LogP contribution in [0.5, 0.6) is 0 Å². The molecule has 1 fully saturated rings. The van der Waals surface area contributed by atoms with Gasteiger partial charge in [-0.25, -0.2) is 0 Å². The second-order valence-electron chi connectivity index (χ2n) is 8.14. The van der Waals surface area contributed by atoms with Crippen LogP contribution in [0.15, 0.2) is 42.5 Å². The van der Waals surface area contributed by atoms with E-state index in [0.29, 0.717) is 11.3 Å². The highest BCUT2D eigenvalue weighted by Gasteiger charge is 2.40. The smallest absolute Gasteiger partial charge is 0.365 e. The van der Waals surface area contributed by atoms with E-state index in [9.17, 15) is 32.3 Å². The molecule has 4 rings (SSSR count). The van der Waals surface area contributed by atoms with Crippen LogP contribution in [0.2, 0.25) is 0 Å². The molecule has 11 heteroatoms. The zero-order chi connectivity index (χ0) is 24.6. The minimum atomic E-state index is -4.56. The van der Waals surface area contributed by atoms with Crippen molar-refractivity contribution in [3.8, 4) is 0 Å². The first kappa shape index (κ1) is 23.3. The Bertz CT molecular complexity index is 1180. The zero-order valence-electron chi connectivity index (χ0n) is 18.0. The molecule has 3 N–H and O–H groups in total. The molecule has 34 heavy (non-hydrogen) atoms. The number of halogens is 3. The highest BCUT2D eigenvalue weighted by Crippen LogP contribution is 2.31. The first-order valence-electron chi connectivity index (χ1n) is 10.6. The molecule has 0 radical (unpaired) electrons. The quantitative estimate of drug-likeness (QED) is 0.591. The van der Waals surface area contributed by atoms with Crippen LogP contribution in [0, 0.1) is 0 Å². The van der Waals surface area contributed by atoms with Crippen molar-refractivity contribution in [1.29, 1.82) is 0 Å². The molecule has 1 saturated heterocycles. The Morgan fingerprint density at radius 3 is 2.62 bits per heavy atom. The van der Waals surface area contributed by atoms with E-state index < -0.39 is 41.7 Å². The van der Waals surface area contributed by atoms with Gasteiger partial charge in [0, 0.05) is 24.2 Å². The molecule has 0 spiro atoms. The lowest BCUT2D eigenvalue weighted by molar-refractivity contribution is -0.138. The Hall–Kier alpha value is -3.89. The number of fused-ring (bicyclic) bond motifs is 1. The fourth-order valence-electron chi connectivity index (χ4n) is 4.09. The predicted molar refractivity (Wildman–Crippen MR) is 114 cm³/mol. The topological polar surface area (TPSA) is 108 Å². The maximum Gasteiger partial charge on any atom is 0.416 e. The van der Waals surface area contributed by atoms with E-state index in [1.165, 1.54) is 11.0 Å². The van der Waals surface area contributed by atoms with Gasteiger partial charge in [-0.1, -0.05) is 12.1 Å². The number of imide groups is 1. The van der Waals surface area contributed by atoms with Crippen LogP contribution in [-0.4, -0.2) is 40.7 Å². The summed E-state index contributed by atoms with van der Waals surface area (Å²) >= 11 is 0. The number of amides is 4. The SMILES string of the molecule is CC1Nc2ccc(CNC(=O)c3cccc(C(F)(F)F)c3)cc2C(=O)N1C1CCC(=O)NC1=O. The maximum atomic E-state index is 13.2. The molecule has 178 valence electrons. The summed E-state index contributed by atoms with van der Waals surface area (Å²) in [6, 6.07) is 8.20. The van der Waals surface area contributed by atoms with Gasteiger partial charge in [0.15, 0.2) is 0 Å². The van der Waals surface area contributed by atoms with Crippen LogP contribution in [0.1, 0.15) is 51.6 Å². The fraction of sp³-hybridized carbons (Fsp3) is 0.304. The van der Waals surface area contributed by atoms with Gasteiger partial charge in [-0.3, -0.25) is 24.5 Å². The summed E-state index contributed by atoms with van der Waals surface area (Å²) in [7, 11) is 0. The van der Waals surface area contributed by atoms with Gasteiger partial charge in [-0.2, -0.15) is 13.2 Å². The third kappa shape index (κ3) is 4.59. The van der Waals surface area contributed by atoms with Crippen molar-refractivity contribution >= 4 is 29.3 Å². The molecular weight excluding hydrogens is 453 g/mol. The number of hydrogen-bond acceptors (Lipinski definition) is 5.